The highest BCUT2D eigenvalue weighted by atomic mass is 35.5. The van der Waals surface area contributed by atoms with E-state index in [2.05, 4.69) is 20.7 Å². The van der Waals surface area contributed by atoms with Gasteiger partial charge >= 0.3 is 0 Å². The van der Waals surface area contributed by atoms with Crippen LogP contribution >= 0.6 is 23.2 Å². The summed E-state index contributed by atoms with van der Waals surface area (Å²) in [6.45, 7) is 1.77. The molecular formula is C25H20Cl2N4O2. The minimum atomic E-state index is -0.417. The highest BCUT2D eigenvalue weighted by Crippen LogP contribution is 2.37. The molecule has 0 fully saturated rings. The molecule has 166 valence electrons. The fourth-order valence-corrected chi connectivity index (χ4v) is 3.50. The van der Waals surface area contributed by atoms with Gasteiger partial charge in [0.2, 0.25) is 5.88 Å². The Labute approximate surface area is 201 Å². The van der Waals surface area contributed by atoms with Crippen LogP contribution in [0.1, 0.15) is 11.1 Å². The molecule has 2 N–H and O–H groups in total. The number of aromatic nitrogens is 2. The average molecular weight is 479 g/mol. The first-order chi connectivity index (χ1) is 16.0. The summed E-state index contributed by atoms with van der Waals surface area (Å²) < 4.78 is 5.76. The number of H-pyrrole nitrogens is 1. The van der Waals surface area contributed by atoms with Crippen LogP contribution in [0, 0.1) is 6.92 Å². The zero-order valence-corrected chi connectivity index (χ0v) is 19.2. The maximum atomic E-state index is 12.3. The lowest BCUT2D eigenvalue weighted by atomic mass is 10.0. The van der Waals surface area contributed by atoms with Crippen molar-refractivity contribution in [1.29, 1.82) is 0 Å². The van der Waals surface area contributed by atoms with Gasteiger partial charge in [-0.3, -0.25) is 9.89 Å². The third-order valence-corrected chi connectivity index (χ3v) is 5.28. The van der Waals surface area contributed by atoms with E-state index < -0.39 is 5.91 Å². The molecule has 0 spiro atoms. The van der Waals surface area contributed by atoms with Gasteiger partial charge in [0.1, 0.15) is 0 Å². The van der Waals surface area contributed by atoms with Crippen LogP contribution in [-0.4, -0.2) is 28.9 Å². The second-order valence-electron chi connectivity index (χ2n) is 7.29. The molecule has 3 aromatic carbocycles. The predicted molar refractivity (Wildman–Crippen MR) is 132 cm³/mol. The lowest BCUT2D eigenvalue weighted by Crippen LogP contribution is -2.24. The van der Waals surface area contributed by atoms with Gasteiger partial charge < -0.3 is 4.74 Å². The Hall–Kier alpha value is -3.61. The highest BCUT2D eigenvalue weighted by molar-refractivity contribution is 6.31. The molecule has 0 saturated carbocycles. The topological polar surface area (TPSA) is 79.4 Å². The number of carbonyl (C=O) groups excluding carboxylic acids is 1. The molecule has 0 atom stereocenters. The van der Waals surface area contributed by atoms with Crippen molar-refractivity contribution in [2.24, 2.45) is 5.10 Å². The Bertz CT molecular complexity index is 1280. The molecule has 1 aromatic heterocycles. The maximum absolute atomic E-state index is 12.3. The standard InChI is InChI=1S/C25H20Cl2N4O2/c1-16-5-7-18(8-6-16)23-24(19-9-11-20(26)12-10-19)30-31-25(23)33-15-22(32)29-28-14-17-3-2-4-21(27)13-17/h2-14H,15H2,1H3,(H,29,32)(H,30,31)/b28-14+. The van der Waals surface area contributed by atoms with Crippen molar-refractivity contribution in [1.82, 2.24) is 15.6 Å². The number of hydrogen-bond donors (Lipinski definition) is 2. The van der Waals surface area contributed by atoms with Gasteiger partial charge in [-0.25, -0.2) is 5.43 Å². The summed E-state index contributed by atoms with van der Waals surface area (Å²) >= 11 is 12.0. The SMILES string of the molecule is Cc1ccc(-c2c(OCC(=O)N/N=C/c3cccc(Cl)c3)n[nH]c2-c2ccc(Cl)cc2)cc1. The fourth-order valence-electron chi connectivity index (χ4n) is 3.18. The summed E-state index contributed by atoms with van der Waals surface area (Å²) in [5.74, 6) is -0.100. The summed E-state index contributed by atoms with van der Waals surface area (Å²) in [6, 6.07) is 22.5. The lowest BCUT2D eigenvalue weighted by molar-refractivity contribution is -0.123. The number of ether oxygens (including phenoxy) is 1. The Morgan fingerprint density at radius 1 is 1.03 bits per heavy atom. The van der Waals surface area contributed by atoms with Gasteiger partial charge in [0.25, 0.3) is 5.91 Å². The highest BCUT2D eigenvalue weighted by Gasteiger charge is 2.19. The molecule has 0 radical (unpaired) electrons. The van der Waals surface area contributed by atoms with E-state index in [-0.39, 0.29) is 6.61 Å². The normalized spacial score (nSPS) is 11.0. The van der Waals surface area contributed by atoms with Crippen LogP contribution in [-0.2, 0) is 4.79 Å². The second-order valence-corrected chi connectivity index (χ2v) is 8.16. The zero-order valence-electron chi connectivity index (χ0n) is 17.7. The number of aryl methyl sites for hydroxylation is 1. The molecule has 8 heteroatoms. The number of nitrogens with one attached hydrogen (secondary N) is 2. The molecule has 0 aliphatic carbocycles. The number of rotatable bonds is 7. The lowest BCUT2D eigenvalue weighted by Gasteiger charge is -2.08. The number of aromatic amines is 1. The van der Waals surface area contributed by atoms with E-state index in [1.165, 1.54) is 6.21 Å². The molecule has 0 aliphatic heterocycles. The zero-order chi connectivity index (χ0) is 23.2. The third-order valence-electron chi connectivity index (χ3n) is 4.80. The molecular weight excluding hydrogens is 459 g/mol. The predicted octanol–water partition coefficient (Wildman–Crippen LogP) is 5.89. The van der Waals surface area contributed by atoms with E-state index >= 15 is 0 Å². The summed E-state index contributed by atoms with van der Waals surface area (Å²) in [7, 11) is 0. The van der Waals surface area contributed by atoms with Gasteiger partial charge in [0.05, 0.1) is 17.5 Å². The minimum Gasteiger partial charge on any atom is -0.466 e. The van der Waals surface area contributed by atoms with E-state index in [4.69, 9.17) is 27.9 Å². The fraction of sp³-hybridized carbons (Fsp3) is 0.0800. The van der Waals surface area contributed by atoms with Gasteiger partial charge in [-0.05, 0) is 42.3 Å². The third kappa shape index (κ3) is 5.80. The first kappa shape index (κ1) is 22.6. The van der Waals surface area contributed by atoms with Crippen LogP contribution in [0.25, 0.3) is 22.4 Å². The Balaban J connectivity index is 1.51. The molecule has 0 aliphatic rings. The number of hydrazone groups is 1. The Kier molecular flexibility index (Phi) is 7.07. The van der Waals surface area contributed by atoms with Crippen LogP contribution in [0.15, 0.2) is 77.9 Å². The molecule has 4 aromatic rings. The monoisotopic (exact) mass is 478 g/mol. The number of amides is 1. The van der Waals surface area contributed by atoms with Crippen LogP contribution < -0.4 is 10.2 Å². The largest absolute Gasteiger partial charge is 0.466 e. The van der Waals surface area contributed by atoms with Crippen molar-refractivity contribution in [3.8, 4) is 28.3 Å². The summed E-state index contributed by atoms with van der Waals surface area (Å²) in [5, 5.41) is 12.5. The molecule has 0 saturated heterocycles. The van der Waals surface area contributed by atoms with E-state index in [0.29, 0.717) is 15.9 Å². The van der Waals surface area contributed by atoms with Crippen molar-refractivity contribution in [2.75, 3.05) is 6.61 Å². The molecule has 0 unspecified atom stereocenters. The van der Waals surface area contributed by atoms with Gasteiger partial charge in [0, 0.05) is 15.6 Å². The first-order valence-corrected chi connectivity index (χ1v) is 10.9. The Morgan fingerprint density at radius 2 is 1.76 bits per heavy atom. The van der Waals surface area contributed by atoms with Crippen molar-refractivity contribution < 1.29 is 9.53 Å². The van der Waals surface area contributed by atoms with Gasteiger partial charge in [-0.2, -0.15) is 5.10 Å². The van der Waals surface area contributed by atoms with E-state index in [9.17, 15) is 4.79 Å². The van der Waals surface area contributed by atoms with E-state index in [1.807, 2.05) is 61.5 Å². The maximum Gasteiger partial charge on any atom is 0.278 e. The smallest absolute Gasteiger partial charge is 0.278 e. The van der Waals surface area contributed by atoms with Crippen LogP contribution in [0.5, 0.6) is 5.88 Å². The second kappa shape index (κ2) is 10.3. The number of carbonyl (C=O) groups is 1. The van der Waals surface area contributed by atoms with Crippen molar-refractivity contribution in [3.63, 3.8) is 0 Å². The van der Waals surface area contributed by atoms with E-state index in [0.717, 1.165) is 33.5 Å². The number of hydrogen-bond acceptors (Lipinski definition) is 4. The van der Waals surface area contributed by atoms with Gasteiger partial charge in [-0.1, -0.05) is 77.3 Å². The van der Waals surface area contributed by atoms with E-state index in [1.54, 1.807) is 18.2 Å². The quantitative estimate of drug-likeness (QED) is 0.256. The summed E-state index contributed by atoms with van der Waals surface area (Å²) in [5.41, 5.74) is 7.68. The van der Waals surface area contributed by atoms with Crippen LogP contribution in [0.2, 0.25) is 10.0 Å². The van der Waals surface area contributed by atoms with Crippen LogP contribution in [0.3, 0.4) is 0 Å². The summed E-state index contributed by atoms with van der Waals surface area (Å²) in [4.78, 5) is 12.3. The van der Waals surface area contributed by atoms with Gasteiger partial charge in [-0.15, -0.1) is 5.10 Å². The molecule has 0 bridgehead atoms. The van der Waals surface area contributed by atoms with Crippen molar-refractivity contribution in [3.05, 3.63) is 94.0 Å². The Morgan fingerprint density at radius 3 is 2.48 bits per heavy atom. The van der Waals surface area contributed by atoms with Crippen LogP contribution in [0.4, 0.5) is 0 Å². The molecule has 4 rings (SSSR count). The van der Waals surface area contributed by atoms with Crippen molar-refractivity contribution in [2.45, 2.75) is 6.92 Å². The first-order valence-electron chi connectivity index (χ1n) is 10.1. The molecule has 1 amide bonds. The molecule has 1 heterocycles. The van der Waals surface area contributed by atoms with Gasteiger partial charge in [0.15, 0.2) is 6.61 Å². The number of benzene rings is 3. The molecule has 33 heavy (non-hydrogen) atoms. The number of nitrogens with zero attached hydrogens (tertiary/aromatic N) is 2. The summed E-state index contributed by atoms with van der Waals surface area (Å²) in [6.07, 6.45) is 1.51. The average Bonchev–Trinajstić information content (AvgIpc) is 3.23. The molecule has 6 nitrogen and oxygen atoms in total. The minimum absolute atomic E-state index is 0.253. The number of halogens is 2. The van der Waals surface area contributed by atoms with Crippen molar-refractivity contribution >= 4 is 35.3 Å².